The highest BCUT2D eigenvalue weighted by atomic mass is 32.2. The number of aromatic nitrogens is 3. The van der Waals surface area contributed by atoms with Crippen LogP contribution in [0.1, 0.15) is 5.82 Å². The number of allylic oxidation sites excluding steroid dienone is 1. The Balaban J connectivity index is 1.92. The zero-order chi connectivity index (χ0) is 14.4. The number of carbonyl (C=O) groups excluding carboxylic acids is 1. The summed E-state index contributed by atoms with van der Waals surface area (Å²) in [5, 5.41) is 11.6. The molecule has 0 spiro atoms. The molecular weight excluding hydrogens is 272 g/mol. The van der Waals surface area contributed by atoms with Crippen LogP contribution in [0.2, 0.25) is 0 Å². The maximum atomic E-state index is 11.9. The SMILES string of the molecule is C=CCn1c(C)nnc1SCC(=O)Nc1ccccc1. The van der Waals surface area contributed by atoms with E-state index in [0.717, 1.165) is 16.7 Å². The second-order valence-corrected chi connectivity index (χ2v) is 5.07. The lowest BCUT2D eigenvalue weighted by Gasteiger charge is -2.06. The predicted octanol–water partition coefficient (Wildman–Crippen LogP) is 2.50. The molecule has 0 unspecified atom stereocenters. The molecule has 5 nitrogen and oxygen atoms in total. The maximum absolute atomic E-state index is 11.9. The number of benzene rings is 1. The summed E-state index contributed by atoms with van der Waals surface area (Å²) >= 11 is 1.36. The van der Waals surface area contributed by atoms with Crippen LogP contribution in [0.15, 0.2) is 48.1 Å². The van der Waals surface area contributed by atoms with E-state index in [2.05, 4.69) is 22.1 Å². The molecule has 0 bridgehead atoms. The van der Waals surface area contributed by atoms with Gasteiger partial charge in [0.05, 0.1) is 5.75 Å². The van der Waals surface area contributed by atoms with Crippen LogP contribution in [0.25, 0.3) is 0 Å². The first-order valence-corrected chi connectivity index (χ1v) is 7.17. The van der Waals surface area contributed by atoms with Gasteiger partial charge in [-0.3, -0.25) is 4.79 Å². The largest absolute Gasteiger partial charge is 0.325 e. The summed E-state index contributed by atoms with van der Waals surface area (Å²) in [6, 6.07) is 9.38. The molecule has 2 aromatic rings. The number of nitrogens with zero attached hydrogens (tertiary/aromatic N) is 3. The van der Waals surface area contributed by atoms with Gasteiger partial charge in [0.1, 0.15) is 5.82 Å². The molecular formula is C14H16N4OS. The van der Waals surface area contributed by atoms with E-state index in [9.17, 15) is 4.79 Å². The van der Waals surface area contributed by atoms with E-state index >= 15 is 0 Å². The van der Waals surface area contributed by atoms with Crippen LogP contribution in [0, 0.1) is 6.92 Å². The number of thioether (sulfide) groups is 1. The molecule has 1 aromatic carbocycles. The Hall–Kier alpha value is -2.08. The summed E-state index contributed by atoms with van der Waals surface area (Å²) in [5.41, 5.74) is 0.793. The number of hydrogen-bond acceptors (Lipinski definition) is 4. The molecule has 0 aliphatic heterocycles. The fraction of sp³-hybridized carbons (Fsp3) is 0.214. The summed E-state index contributed by atoms with van der Waals surface area (Å²) in [5.74, 6) is 1.05. The van der Waals surface area contributed by atoms with Crippen molar-refractivity contribution in [3.63, 3.8) is 0 Å². The summed E-state index contributed by atoms with van der Waals surface area (Å²) in [6.45, 7) is 6.22. The number of para-hydroxylation sites is 1. The first kappa shape index (κ1) is 14.3. The molecule has 0 radical (unpaired) electrons. The Morgan fingerprint density at radius 3 is 2.85 bits per heavy atom. The van der Waals surface area contributed by atoms with Gasteiger partial charge in [0.15, 0.2) is 5.16 Å². The third-order valence-electron chi connectivity index (χ3n) is 2.60. The van der Waals surface area contributed by atoms with Gasteiger partial charge < -0.3 is 9.88 Å². The minimum absolute atomic E-state index is 0.0630. The van der Waals surface area contributed by atoms with E-state index in [1.54, 1.807) is 6.08 Å². The van der Waals surface area contributed by atoms with Crippen LogP contribution < -0.4 is 5.32 Å². The van der Waals surface area contributed by atoms with Crippen molar-refractivity contribution < 1.29 is 4.79 Å². The number of rotatable bonds is 6. The molecule has 0 saturated carbocycles. The van der Waals surface area contributed by atoms with Crippen molar-refractivity contribution in [3.05, 3.63) is 48.8 Å². The number of nitrogens with one attached hydrogen (secondary N) is 1. The van der Waals surface area contributed by atoms with Crippen molar-refractivity contribution >= 4 is 23.4 Å². The zero-order valence-corrected chi connectivity index (χ0v) is 12.1. The minimum Gasteiger partial charge on any atom is -0.325 e. The number of carbonyl (C=O) groups is 1. The molecule has 0 fully saturated rings. The van der Waals surface area contributed by atoms with E-state index in [1.807, 2.05) is 41.8 Å². The Bertz CT molecular complexity index is 594. The maximum Gasteiger partial charge on any atom is 0.234 e. The molecule has 1 aromatic heterocycles. The quantitative estimate of drug-likeness (QED) is 0.655. The van der Waals surface area contributed by atoms with E-state index in [-0.39, 0.29) is 5.91 Å². The van der Waals surface area contributed by atoms with Crippen molar-refractivity contribution in [3.8, 4) is 0 Å². The standard InChI is InChI=1S/C14H16N4OS/c1-3-9-18-11(2)16-17-14(18)20-10-13(19)15-12-7-5-4-6-8-12/h3-8H,1,9-10H2,2H3,(H,15,19). The molecule has 2 rings (SSSR count). The van der Waals surface area contributed by atoms with Gasteiger partial charge in [-0.25, -0.2) is 0 Å². The van der Waals surface area contributed by atoms with Crippen LogP contribution >= 0.6 is 11.8 Å². The molecule has 104 valence electrons. The predicted molar refractivity (Wildman–Crippen MR) is 80.8 cm³/mol. The van der Waals surface area contributed by atoms with E-state index in [0.29, 0.717) is 12.3 Å². The van der Waals surface area contributed by atoms with E-state index in [1.165, 1.54) is 11.8 Å². The third-order valence-corrected chi connectivity index (χ3v) is 3.57. The zero-order valence-electron chi connectivity index (χ0n) is 11.2. The second-order valence-electron chi connectivity index (χ2n) is 4.13. The first-order chi connectivity index (χ1) is 9.70. The monoisotopic (exact) mass is 288 g/mol. The molecule has 0 atom stereocenters. The van der Waals surface area contributed by atoms with E-state index < -0.39 is 0 Å². The summed E-state index contributed by atoms with van der Waals surface area (Å²) in [4.78, 5) is 11.9. The molecule has 20 heavy (non-hydrogen) atoms. The smallest absolute Gasteiger partial charge is 0.234 e. The summed E-state index contributed by atoms with van der Waals surface area (Å²) in [6.07, 6.45) is 1.78. The van der Waals surface area contributed by atoms with Crippen molar-refractivity contribution in [1.29, 1.82) is 0 Å². The molecule has 6 heteroatoms. The lowest BCUT2D eigenvalue weighted by atomic mass is 10.3. The van der Waals surface area contributed by atoms with Crippen molar-refractivity contribution in [2.24, 2.45) is 0 Å². The summed E-state index contributed by atoms with van der Waals surface area (Å²) in [7, 11) is 0. The lowest BCUT2D eigenvalue weighted by Crippen LogP contribution is -2.14. The van der Waals surface area contributed by atoms with Gasteiger partial charge >= 0.3 is 0 Å². The number of hydrogen-bond donors (Lipinski definition) is 1. The van der Waals surface area contributed by atoms with Crippen molar-refractivity contribution in [2.45, 2.75) is 18.6 Å². The normalized spacial score (nSPS) is 10.2. The van der Waals surface area contributed by atoms with Gasteiger partial charge in [0.25, 0.3) is 0 Å². The van der Waals surface area contributed by atoms with Gasteiger partial charge in [-0.1, -0.05) is 36.0 Å². The fourth-order valence-corrected chi connectivity index (χ4v) is 2.45. The topological polar surface area (TPSA) is 59.8 Å². The average Bonchev–Trinajstić information content (AvgIpc) is 2.79. The van der Waals surface area contributed by atoms with Gasteiger partial charge in [0, 0.05) is 12.2 Å². The van der Waals surface area contributed by atoms with Crippen molar-refractivity contribution in [2.75, 3.05) is 11.1 Å². The highest BCUT2D eigenvalue weighted by molar-refractivity contribution is 7.99. The molecule has 0 aliphatic rings. The molecule has 1 N–H and O–H groups in total. The highest BCUT2D eigenvalue weighted by Crippen LogP contribution is 2.17. The van der Waals surface area contributed by atoms with Gasteiger partial charge in [0.2, 0.25) is 5.91 Å². The van der Waals surface area contributed by atoms with Crippen LogP contribution in [-0.4, -0.2) is 26.4 Å². The van der Waals surface area contributed by atoms with Crippen LogP contribution in [0.4, 0.5) is 5.69 Å². The number of amides is 1. The number of aryl methyl sites for hydroxylation is 1. The van der Waals surface area contributed by atoms with E-state index in [4.69, 9.17) is 0 Å². The Kier molecular flexibility index (Phi) is 4.95. The van der Waals surface area contributed by atoms with Crippen LogP contribution in [0.3, 0.4) is 0 Å². The molecule has 0 aliphatic carbocycles. The molecule has 1 amide bonds. The van der Waals surface area contributed by atoms with Crippen LogP contribution in [-0.2, 0) is 11.3 Å². The minimum atomic E-state index is -0.0630. The number of anilines is 1. The van der Waals surface area contributed by atoms with Gasteiger partial charge in [-0.05, 0) is 19.1 Å². The third kappa shape index (κ3) is 3.71. The van der Waals surface area contributed by atoms with Crippen molar-refractivity contribution in [1.82, 2.24) is 14.8 Å². The molecule has 0 saturated heterocycles. The van der Waals surface area contributed by atoms with Gasteiger partial charge in [-0.2, -0.15) is 0 Å². The Labute approximate surface area is 122 Å². The Morgan fingerprint density at radius 1 is 1.40 bits per heavy atom. The summed E-state index contributed by atoms with van der Waals surface area (Å²) < 4.78 is 1.92. The fourth-order valence-electron chi connectivity index (χ4n) is 1.66. The molecule has 1 heterocycles. The highest BCUT2D eigenvalue weighted by Gasteiger charge is 2.10. The average molecular weight is 288 g/mol. The first-order valence-electron chi connectivity index (χ1n) is 6.19. The Morgan fingerprint density at radius 2 is 2.15 bits per heavy atom. The van der Waals surface area contributed by atoms with Gasteiger partial charge in [-0.15, -0.1) is 16.8 Å². The lowest BCUT2D eigenvalue weighted by molar-refractivity contribution is -0.113. The second kappa shape index (κ2) is 6.91. The van der Waals surface area contributed by atoms with Crippen LogP contribution in [0.5, 0.6) is 0 Å².